The molecule has 0 atom stereocenters. The number of carbonyl (C=O) groups excluding carboxylic acids is 1. The van der Waals surface area contributed by atoms with Crippen LogP contribution in [-0.2, 0) is 4.79 Å². The highest BCUT2D eigenvalue weighted by Gasteiger charge is 2.24. The molecule has 23 heavy (non-hydrogen) atoms. The van der Waals surface area contributed by atoms with Crippen LogP contribution in [0.3, 0.4) is 0 Å². The van der Waals surface area contributed by atoms with Crippen LogP contribution in [-0.4, -0.2) is 16.2 Å². The monoisotopic (exact) mass is 456 g/mol. The van der Waals surface area contributed by atoms with Crippen molar-refractivity contribution in [3.63, 3.8) is 0 Å². The molecule has 0 aliphatic carbocycles. The number of rotatable bonds is 2. The standard InChI is InChI=1S/C16H10ClIN2O2S/c17-10-1-4-12(5-2-10)19-16-20-15(22)14(23-16)8-9-7-11(18)3-6-13(9)21/h1-8,21H,(H,19,20,22). The molecule has 0 unspecified atom stereocenters. The van der Waals surface area contributed by atoms with Crippen molar-refractivity contribution >= 4 is 68.8 Å². The lowest BCUT2D eigenvalue weighted by atomic mass is 10.2. The Morgan fingerprint density at radius 1 is 1.22 bits per heavy atom. The van der Waals surface area contributed by atoms with Gasteiger partial charge >= 0.3 is 0 Å². The number of phenols is 1. The number of hydrogen-bond donors (Lipinski definition) is 2. The predicted octanol–water partition coefficient (Wildman–Crippen LogP) is 4.54. The van der Waals surface area contributed by atoms with Gasteiger partial charge in [0.25, 0.3) is 5.91 Å². The van der Waals surface area contributed by atoms with E-state index in [1.807, 2.05) is 6.07 Å². The summed E-state index contributed by atoms with van der Waals surface area (Å²) >= 11 is 9.22. The summed E-state index contributed by atoms with van der Waals surface area (Å²) in [7, 11) is 0. The zero-order valence-corrected chi connectivity index (χ0v) is 15.3. The molecule has 2 aromatic carbocycles. The summed E-state index contributed by atoms with van der Waals surface area (Å²) in [6.07, 6.45) is 1.65. The summed E-state index contributed by atoms with van der Waals surface area (Å²) in [4.78, 5) is 16.9. The van der Waals surface area contributed by atoms with E-state index in [-0.39, 0.29) is 11.7 Å². The number of aromatic hydroxyl groups is 1. The maximum Gasteiger partial charge on any atom is 0.264 e. The van der Waals surface area contributed by atoms with Gasteiger partial charge < -0.3 is 10.4 Å². The maximum atomic E-state index is 12.0. The van der Waals surface area contributed by atoms with Crippen molar-refractivity contribution < 1.29 is 9.90 Å². The predicted molar refractivity (Wildman–Crippen MR) is 103 cm³/mol. The van der Waals surface area contributed by atoms with Gasteiger partial charge in [0.2, 0.25) is 0 Å². The topological polar surface area (TPSA) is 61.7 Å². The molecule has 116 valence electrons. The molecule has 7 heteroatoms. The van der Waals surface area contributed by atoms with Crippen LogP contribution in [0.4, 0.5) is 5.69 Å². The van der Waals surface area contributed by atoms with E-state index < -0.39 is 0 Å². The number of aliphatic imine (C=N–C) groups is 1. The van der Waals surface area contributed by atoms with Gasteiger partial charge in [-0.15, -0.1) is 0 Å². The van der Waals surface area contributed by atoms with Crippen LogP contribution in [0, 0.1) is 3.57 Å². The minimum Gasteiger partial charge on any atom is -0.507 e. The molecule has 1 aliphatic rings. The minimum absolute atomic E-state index is 0.134. The van der Waals surface area contributed by atoms with Crippen molar-refractivity contribution in [3.8, 4) is 5.75 Å². The summed E-state index contributed by atoms with van der Waals surface area (Å²) in [5, 5.41) is 13.7. The van der Waals surface area contributed by atoms with E-state index in [9.17, 15) is 9.90 Å². The Labute approximate surface area is 155 Å². The van der Waals surface area contributed by atoms with E-state index in [2.05, 4.69) is 32.9 Å². The van der Waals surface area contributed by atoms with Crippen molar-refractivity contribution in [2.45, 2.75) is 0 Å². The van der Waals surface area contributed by atoms with Crippen molar-refractivity contribution in [1.82, 2.24) is 5.32 Å². The number of nitrogens with zero attached hydrogens (tertiary/aromatic N) is 1. The number of carbonyl (C=O) groups is 1. The molecule has 3 rings (SSSR count). The van der Waals surface area contributed by atoms with Gasteiger partial charge in [-0.05, 0) is 82.9 Å². The highest BCUT2D eigenvalue weighted by atomic mass is 127. The molecule has 1 amide bonds. The minimum atomic E-state index is -0.235. The first-order chi connectivity index (χ1) is 11.0. The lowest BCUT2D eigenvalue weighted by Gasteiger charge is -2.00. The quantitative estimate of drug-likeness (QED) is 0.515. The molecular formula is C16H10ClIN2O2S. The molecule has 2 aromatic rings. The van der Waals surface area contributed by atoms with Crippen LogP contribution in [0.2, 0.25) is 5.02 Å². The molecule has 0 spiro atoms. The molecule has 0 bridgehead atoms. The summed E-state index contributed by atoms with van der Waals surface area (Å²) in [5.41, 5.74) is 1.30. The first-order valence-corrected chi connectivity index (χ1v) is 8.82. The van der Waals surface area contributed by atoms with Gasteiger partial charge in [0.1, 0.15) is 5.75 Å². The third-order valence-corrected chi connectivity index (χ3v) is 4.82. The van der Waals surface area contributed by atoms with Crippen molar-refractivity contribution in [1.29, 1.82) is 0 Å². The first kappa shape index (κ1) is 16.4. The van der Waals surface area contributed by atoms with Gasteiger partial charge in [0.05, 0.1) is 10.6 Å². The second-order valence-electron chi connectivity index (χ2n) is 4.66. The van der Waals surface area contributed by atoms with Crippen LogP contribution in [0.15, 0.2) is 52.4 Å². The summed E-state index contributed by atoms with van der Waals surface area (Å²) in [6, 6.07) is 12.2. The third kappa shape index (κ3) is 4.07. The van der Waals surface area contributed by atoms with Gasteiger partial charge in [-0.3, -0.25) is 4.79 Å². The van der Waals surface area contributed by atoms with E-state index >= 15 is 0 Å². The highest BCUT2D eigenvalue weighted by Crippen LogP contribution is 2.31. The van der Waals surface area contributed by atoms with Gasteiger partial charge in [-0.2, -0.15) is 0 Å². The second kappa shape index (κ2) is 6.94. The summed E-state index contributed by atoms with van der Waals surface area (Å²) in [5.74, 6) is -0.101. The number of benzene rings is 2. The average molecular weight is 457 g/mol. The molecule has 1 fully saturated rings. The number of hydrogen-bond acceptors (Lipinski definition) is 4. The molecular weight excluding hydrogens is 447 g/mol. The van der Waals surface area contributed by atoms with Gasteiger partial charge in [0.15, 0.2) is 5.17 Å². The lowest BCUT2D eigenvalue weighted by Crippen LogP contribution is -2.19. The Morgan fingerprint density at radius 2 is 1.96 bits per heavy atom. The number of thioether (sulfide) groups is 1. The number of amides is 1. The van der Waals surface area contributed by atoms with Gasteiger partial charge in [-0.1, -0.05) is 11.6 Å². The number of nitrogens with one attached hydrogen (secondary N) is 1. The molecule has 0 radical (unpaired) electrons. The van der Waals surface area contributed by atoms with Gasteiger partial charge in [0, 0.05) is 14.2 Å². The van der Waals surface area contributed by atoms with E-state index in [4.69, 9.17) is 11.6 Å². The van der Waals surface area contributed by atoms with Crippen LogP contribution in [0.5, 0.6) is 5.75 Å². The molecule has 4 nitrogen and oxygen atoms in total. The highest BCUT2D eigenvalue weighted by molar-refractivity contribution is 14.1. The Balaban J connectivity index is 1.86. The second-order valence-corrected chi connectivity index (χ2v) is 7.37. The molecule has 0 saturated carbocycles. The molecule has 1 heterocycles. The average Bonchev–Trinajstić information content (AvgIpc) is 2.85. The Kier molecular flexibility index (Phi) is 4.93. The summed E-state index contributed by atoms with van der Waals surface area (Å²) in [6.45, 7) is 0. The largest absolute Gasteiger partial charge is 0.507 e. The maximum absolute atomic E-state index is 12.0. The molecule has 2 N–H and O–H groups in total. The Hall–Kier alpha value is -1.51. The van der Waals surface area contributed by atoms with Crippen LogP contribution >= 0.6 is 46.0 Å². The first-order valence-electron chi connectivity index (χ1n) is 6.55. The number of amidine groups is 1. The summed E-state index contributed by atoms with van der Waals surface area (Å²) < 4.78 is 0.978. The fraction of sp³-hybridized carbons (Fsp3) is 0. The van der Waals surface area contributed by atoms with Crippen molar-refractivity contribution in [2.24, 2.45) is 4.99 Å². The van der Waals surface area contributed by atoms with Crippen LogP contribution in [0.25, 0.3) is 6.08 Å². The Morgan fingerprint density at radius 3 is 2.70 bits per heavy atom. The zero-order chi connectivity index (χ0) is 16.4. The fourth-order valence-corrected chi connectivity index (χ4v) is 3.37. The molecule has 1 saturated heterocycles. The zero-order valence-electron chi connectivity index (χ0n) is 11.6. The Bertz CT molecular complexity index is 834. The fourth-order valence-electron chi connectivity index (χ4n) is 1.90. The van der Waals surface area contributed by atoms with Crippen LogP contribution < -0.4 is 5.32 Å². The third-order valence-electron chi connectivity index (χ3n) is 2.98. The van der Waals surface area contributed by atoms with E-state index in [0.29, 0.717) is 26.3 Å². The smallest absolute Gasteiger partial charge is 0.264 e. The van der Waals surface area contributed by atoms with E-state index in [1.54, 1.807) is 42.5 Å². The number of halogens is 2. The number of phenolic OH excluding ortho intramolecular Hbond substituents is 1. The lowest BCUT2D eigenvalue weighted by molar-refractivity contribution is -0.115. The van der Waals surface area contributed by atoms with Crippen molar-refractivity contribution in [3.05, 3.63) is 61.5 Å². The molecule has 1 aliphatic heterocycles. The molecule has 0 aromatic heterocycles. The van der Waals surface area contributed by atoms with E-state index in [1.165, 1.54) is 11.8 Å². The van der Waals surface area contributed by atoms with E-state index in [0.717, 1.165) is 3.57 Å². The normalized spacial score (nSPS) is 17.7. The van der Waals surface area contributed by atoms with Crippen molar-refractivity contribution in [2.75, 3.05) is 0 Å². The van der Waals surface area contributed by atoms with Gasteiger partial charge in [-0.25, -0.2) is 4.99 Å². The van der Waals surface area contributed by atoms with Crippen LogP contribution in [0.1, 0.15) is 5.56 Å². The SMILES string of the molecule is O=C1NC(=Nc2ccc(Cl)cc2)SC1=Cc1cc(I)ccc1O.